The molecule has 4 heteroatoms. The molecule has 2 nitrogen and oxygen atoms in total. The van der Waals surface area contributed by atoms with Crippen LogP contribution >= 0.6 is 22.9 Å². The van der Waals surface area contributed by atoms with Gasteiger partial charge >= 0.3 is 0 Å². The molecule has 0 aliphatic rings. The zero-order chi connectivity index (χ0) is 10.1. The summed E-state index contributed by atoms with van der Waals surface area (Å²) in [7, 11) is 0. The van der Waals surface area contributed by atoms with Gasteiger partial charge in [0.25, 0.3) is 0 Å². The summed E-state index contributed by atoms with van der Waals surface area (Å²) in [6.45, 7) is 4.23. The monoisotopic (exact) mass is 226 g/mol. The first-order chi connectivity index (χ1) is 6.68. The Morgan fingerprint density at radius 1 is 1.50 bits per heavy atom. The normalized spacial score (nSPS) is 11.1. The summed E-state index contributed by atoms with van der Waals surface area (Å²) >= 11 is 7.45. The molecule has 0 saturated carbocycles. The van der Waals surface area contributed by atoms with E-state index >= 15 is 0 Å². The van der Waals surface area contributed by atoms with E-state index in [1.54, 1.807) is 11.3 Å². The number of nitrogens with zero attached hydrogens (tertiary/aromatic N) is 2. The van der Waals surface area contributed by atoms with E-state index in [1.165, 1.54) is 0 Å². The molecular formula is C10H11ClN2S. The second-order valence-electron chi connectivity index (χ2n) is 3.39. The van der Waals surface area contributed by atoms with Crippen LogP contribution in [0.2, 0.25) is 4.34 Å². The van der Waals surface area contributed by atoms with Gasteiger partial charge in [-0.1, -0.05) is 11.6 Å². The predicted molar refractivity (Wildman–Crippen MR) is 60.9 cm³/mol. The lowest BCUT2D eigenvalue weighted by Gasteiger charge is -2.09. The van der Waals surface area contributed by atoms with Crippen LogP contribution < -0.4 is 0 Å². The summed E-state index contributed by atoms with van der Waals surface area (Å²) in [4.78, 5) is 0. The van der Waals surface area contributed by atoms with E-state index in [0.29, 0.717) is 6.04 Å². The molecule has 0 unspecified atom stereocenters. The SMILES string of the molecule is CC(C)n1nccc1-c1csc(Cl)c1. The van der Waals surface area contributed by atoms with Crippen LogP contribution in [0.4, 0.5) is 0 Å². The summed E-state index contributed by atoms with van der Waals surface area (Å²) in [6.07, 6.45) is 1.82. The second kappa shape index (κ2) is 3.75. The maximum atomic E-state index is 5.90. The summed E-state index contributed by atoms with van der Waals surface area (Å²) in [5, 5.41) is 6.33. The van der Waals surface area contributed by atoms with Gasteiger partial charge in [-0.25, -0.2) is 0 Å². The summed E-state index contributed by atoms with van der Waals surface area (Å²) < 4.78 is 2.81. The summed E-state index contributed by atoms with van der Waals surface area (Å²) in [6, 6.07) is 4.36. The van der Waals surface area contributed by atoms with Gasteiger partial charge in [0.2, 0.25) is 0 Å². The van der Waals surface area contributed by atoms with Gasteiger partial charge in [-0.2, -0.15) is 5.10 Å². The third-order valence-corrected chi connectivity index (χ3v) is 3.11. The highest BCUT2D eigenvalue weighted by Gasteiger charge is 2.09. The van der Waals surface area contributed by atoms with Crippen molar-refractivity contribution in [1.29, 1.82) is 0 Å². The van der Waals surface area contributed by atoms with E-state index in [-0.39, 0.29) is 0 Å². The maximum absolute atomic E-state index is 5.90. The molecule has 0 fully saturated rings. The Balaban J connectivity index is 2.46. The minimum atomic E-state index is 0.374. The topological polar surface area (TPSA) is 17.8 Å². The van der Waals surface area contributed by atoms with Crippen LogP contribution in [0.25, 0.3) is 11.3 Å². The van der Waals surface area contributed by atoms with Crippen LogP contribution in [0.15, 0.2) is 23.7 Å². The summed E-state index contributed by atoms with van der Waals surface area (Å²) in [5.74, 6) is 0. The quantitative estimate of drug-likeness (QED) is 0.761. The predicted octanol–water partition coefficient (Wildman–Crippen LogP) is 3.85. The van der Waals surface area contributed by atoms with E-state index in [0.717, 1.165) is 15.6 Å². The van der Waals surface area contributed by atoms with Crippen molar-refractivity contribution >= 4 is 22.9 Å². The van der Waals surface area contributed by atoms with Gasteiger partial charge < -0.3 is 0 Å². The Bertz CT molecular complexity index is 431. The van der Waals surface area contributed by atoms with Crippen LogP contribution in [-0.4, -0.2) is 9.78 Å². The molecule has 0 bridgehead atoms. The molecule has 2 rings (SSSR count). The average Bonchev–Trinajstić information content (AvgIpc) is 2.70. The fraction of sp³-hybridized carbons (Fsp3) is 0.300. The van der Waals surface area contributed by atoms with Crippen molar-refractivity contribution in [2.45, 2.75) is 19.9 Å². The molecule has 2 heterocycles. The molecule has 0 amide bonds. The molecule has 0 aliphatic carbocycles. The summed E-state index contributed by atoms with van der Waals surface area (Å²) in [5.41, 5.74) is 2.27. The molecule has 2 aromatic rings. The van der Waals surface area contributed by atoms with Crippen LogP contribution in [-0.2, 0) is 0 Å². The van der Waals surface area contributed by atoms with E-state index in [2.05, 4.69) is 24.3 Å². The van der Waals surface area contributed by atoms with Gasteiger partial charge in [-0.05, 0) is 26.0 Å². The standard InChI is InChI=1S/C10H11ClN2S/c1-7(2)13-9(3-4-12-13)8-5-10(11)14-6-8/h3-7H,1-2H3. The molecule has 0 aliphatic heterocycles. The van der Waals surface area contributed by atoms with Crippen LogP contribution in [0.5, 0.6) is 0 Å². The third-order valence-electron chi connectivity index (χ3n) is 2.02. The molecule has 0 spiro atoms. The van der Waals surface area contributed by atoms with Crippen molar-refractivity contribution in [3.63, 3.8) is 0 Å². The van der Waals surface area contributed by atoms with Gasteiger partial charge in [0, 0.05) is 23.2 Å². The van der Waals surface area contributed by atoms with Crippen molar-refractivity contribution < 1.29 is 0 Å². The number of rotatable bonds is 2. The number of hydrogen-bond acceptors (Lipinski definition) is 2. The minimum Gasteiger partial charge on any atom is -0.262 e. The fourth-order valence-corrected chi connectivity index (χ4v) is 2.27. The minimum absolute atomic E-state index is 0.374. The molecule has 74 valence electrons. The third kappa shape index (κ3) is 1.70. The molecular weight excluding hydrogens is 216 g/mol. The average molecular weight is 227 g/mol. The first kappa shape index (κ1) is 9.74. The van der Waals surface area contributed by atoms with Crippen LogP contribution in [0.1, 0.15) is 19.9 Å². The van der Waals surface area contributed by atoms with Crippen molar-refractivity contribution in [1.82, 2.24) is 9.78 Å². The number of halogens is 1. The Morgan fingerprint density at radius 2 is 2.29 bits per heavy atom. The van der Waals surface area contributed by atoms with Gasteiger partial charge in [0.1, 0.15) is 0 Å². The van der Waals surface area contributed by atoms with Gasteiger partial charge in [-0.15, -0.1) is 11.3 Å². The van der Waals surface area contributed by atoms with Crippen molar-refractivity contribution in [3.8, 4) is 11.3 Å². The zero-order valence-electron chi connectivity index (χ0n) is 8.07. The lowest BCUT2D eigenvalue weighted by Crippen LogP contribution is -2.03. The van der Waals surface area contributed by atoms with Crippen molar-refractivity contribution in [3.05, 3.63) is 28.0 Å². The number of aromatic nitrogens is 2. The van der Waals surface area contributed by atoms with Crippen LogP contribution in [0.3, 0.4) is 0 Å². The molecule has 0 atom stereocenters. The van der Waals surface area contributed by atoms with Gasteiger partial charge in [0.15, 0.2) is 0 Å². The lowest BCUT2D eigenvalue weighted by atomic mass is 10.2. The Morgan fingerprint density at radius 3 is 2.86 bits per heavy atom. The lowest BCUT2D eigenvalue weighted by molar-refractivity contribution is 0.538. The van der Waals surface area contributed by atoms with Crippen LogP contribution in [0, 0.1) is 0 Å². The van der Waals surface area contributed by atoms with Gasteiger partial charge in [-0.3, -0.25) is 4.68 Å². The van der Waals surface area contributed by atoms with E-state index in [1.807, 2.05) is 23.0 Å². The second-order valence-corrected chi connectivity index (χ2v) is 4.94. The smallest absolute Gasteiger partial charge is 0.0935 e. The maximum Gasteiger partial charge on any atom is 0.0935 e. The van der Waals surface area contributed by atoms with Crippen molar-refractivity contribution in [2.75, 3.05) is 0 Å². The Hall–Kier alpha value is -0.800. The van der Waals surface area contributed by atoms with E-state index in [4.69, 9.17) is 11.6 Å². The van der Waals surface area contributed by atoms with Gasteiger partial charge in [0.05, 0.1) is 10.0 Å². The highest BCUT2D eigenvalue weighted by Crippen LogP contribution is 2.29. The van der Waals surface area contributed by atoms with Crippen molar-refractivity contribution in [2.24, 2.45) is 0 Å². The fourth-order valence-electron chi connectivity index (χ4n) is 1.40. The zero-order valence-corrected chi connectivity index (χ0v) is 9.64. The van der Waals surface area contributed by atoms with E-state index < -0.39 is 0 Å². The molecule has 0 saturated heterocycles. The molecule has 0 radical (unpaired) electrons. The first-order valence-corrected chi connectivity index (χ1v) is 5.72. The first-order valence-electron chi connectivity index (χ1n) is 4.46. The highest BCUT2D eigenvalue weighted by atomic mass is 35.5. The molecule has 14 heavy (non-hydrogen) atoms. The van der Waals surface area contributed by atoms with E-state index in [9.17, 15) is 0 Å². The molecule has 2 aromatic heterocycles. The highest BCUT2D eigenvalue weighted by molar-refractivity contribution is 7.14. The Labute approximate surface area is 92.1 Å². The Kier molecular flexibility index (Phi) is 2.61. The molecule has 0 aromatic carbocycles. The number of hydrogen-bond donors (Lipinski definition) is 0. The largest absolute Gasteiger partial charge is 0.262 e. The molecule has 0 N–H and O–H groups in total. The number of thiophene rings is 1.